The lowest BCUT2D eigenvalue weighted by Gasteiger charge is -2.34. The highest BCUT2D eigenvalue weighted by Crippen LogP contribution is 2.23. The molecule has 1 saturated heterocycles. The van der Waals surface area contributed by atoms with Gasteiger partial charge in [-0.05, 0) is 42.8 Å². The standard InChI is InChI=1S/C23H27N3O3S/c1-28-18-8-10-19(11-9-18)29-16-4-7-23(27)26-14-12-25(13-15-26)17-22-24-20-5-2-3-6-21(20)30-22/h2-3,5-6,8-11H,4,7,12-17H2,1H3. The second kappa shape index (κ2) is 9.91. The average molecular weight is 426 g/mol. The number of thiazole rings is 1. The lowest BCUT2D eigenvalue weighted by atomic mass is 10.2. The number of piperazine rings is 1. The van der Waals surface area contributed by atoms with E-state index in [0.717, 1.165) is 61.2 Å². The van der Waals surface area contributed by atoms with Crippen LogP contribution in [-0.4, -0.2) is 60.6 Å². The number of ether oxygens (including phenoxy) is 2. The van der Waals surface area contributed by atoms with Crippen molar-refractivity contribution in [1.29, 1.82) is 0 Å². The van der Waals surface area contributed by atoms with Crippen molar-refractivity contribution in [3.8, 4) is 11.5 Å². The number of fused-ring (bicyclic) bond motifs is 1. The molecule has 0 aliphatic carbocycles. The molecule has 0 unspecified atom stereocenters. The zero-order chi connectivity index (χ0) is 20.8. The Morgan fingerprint density at radius 1 is 1.03 bits per heavy atom. The highest BCUT2D eigenvalue weighted by Gasteiger charge is 2.21. The van der Waals surface area contributed by atoms with E-state index < -0.39 is 0 Å². The first-order valence-electron chi connectivity index (χ1n) is 10.3. The predicted molar refractivity (Wildman–Crippen MR) is 119 cm³/mol. The summed E-state index contributed by atoms with van der Waals surface area (Å²) in [6.07, 6.45) is 1.24. The summed E-state index contributed by atoms with van der Waals surface area (Å²) in [6, 6.07) is 15.8. The van der Waals surface area contributed by atoms with Crippen LogP contribution in [0.4, 0.5) is 0 Å². The third-order valence-electron chi connectivity index (χ3n) is 5.29. The van der Waals surface area contributed by atoms with Gasteiger partial charge in [-0.2, -0.15) is 0 Å². The molecule has 1 amide bonds. The fourth-order valence-electron chi connectivity index (χ4n) is 3.58. The summed E-state index contributed by atoms with van der Waals surface area (Å²) in [6.45, 7) is 4.74. The quantitative estimate of drug-likeness (QED) is 0.514. The number of hydrogen-bond acceptors (Lipinski definition) is 6. The molecule has 3 aromatic rings. The monoisotopic (exact) mass is 425 g/mol. The number of carbonyl (C=O) groups is 1. The number of carbonyl (C=O) groups excluding carboxylic acids is 1. The molecular formula is C23H27N3O3S. The van der Waals surface area contributed by atoms with E-state index in [-0.39, 0.29) is 5.91 Å². The molecular weight excluding hydrogens is 398 g/mol. The minimum absolute atomic E-state index is 0.216. The normalized spacial score (nSPS) is 14.8. The second-order valence-corrected chi connectivity index (χ2v) is 8.48. The molecule has 1 aliphatic heterocycles. The average Bonchev–Trinajstić information content (AvgIpc) is 3.20. The fourth-order valence-corrected chi connectivity index (χ4v) is 4.59. The van der Waals surface area contributed by atoms with Gasteiger partial charge in [0.1, 0.15) is 16.5 Å². The number of hydrogen-bond donors (Lipinski definition) is 0. The zero-order valence-corrected chi connectivity index (χ0v) is 18.1. The van der Waals surface area contributed by atoms with Crippen LogP contribution >= 0.6 is 11.3 Å². The number of rotatable bonds is 8. The largest absolute Gasteiger partial charge is 0.497 e. The van der Waals surface area contributed by atoms with Crippen molar-refractivity contribution < 1.29 is 14.3 Å². The van der Waals surface area contributed by atoms with Gasteiger partial charge in [-0.1, -0.05) is 12.1 Å². The molecule has 0 saturated carbocycles. The molecule has 1 fully saturated rings. The first kappa shape index (κ1) is 20.6. The van der Waals surface area contributed by atoms with Gasteiger partial charge in [0.15, 0.2) is 0 Å². The number of nitrogens with zero attached hydrogens (tertiary/aromatic N) is 3. The van der Waals surface area contributed by atoms with E-state index in [9.17, 15) is 4.79 Å². The molecule has 4 rings (SSSR count). The van der Waals surface area contributed by atoms with E-state index in [0.29, 0.717) is 13.0 Å². The maximum atomic E-state index is 12.5. The second-order valence-electron chi connectivity index (χ2n) is 7.36. The first-order chi connectivity index (χ1) is 14.7. The van der Waals surface area contributed by atoms with Gasteiger partial charge in [0, 0.05) is 32.6 Å². The van der Waals surface area contributed by atoms with E-state index >= 15 is 0 Å². The summed E-state index contributed by atoms with van der Waals surface area (Å²) < 4.78 is 12.1. The van der Waals surface area contributed by atoms with E-state index in [2.05, 4.69) is 23.1 Å². The van der Waals surface area contributed by atoms with Crippen LogP contribution in [0.25, 0.3) is 10.2 Å². The number of para-hydroxylation sites is 1. The molecule has 30 heavy (non-hydrogen) atoms. The third kappa shape index (κ3) is 5.29. The van der Waals surface area contributed by atoms with Crippen LogP contribution in [0.2, 0.25) is 0 Å². The maximum Gasteiger partial charge on any atom is 0.222 e. The van der Waals surface area contributed by atoms with E-state index in [1.54, 1.807) is 18.4 Å². The number of methoxy groups -OCH3 is 1. The molecule has 0 N–H and O–H groups in total. The minimum Gasteiger partial charge on any atom is -0.497 e. The molecule has 7 heteroatoms. The van der Waals surface area contributed by atoms with Crippen LogP contribution in [0, 0.1) is 0 Å². The van der Waals surface area contributed by atoms with Gasteiger partial charge in [-0.25, -0.2) is 4.98 Å². The van der Waals surface area contributed by atoms with Gasteiger partial charge < -0.3 is 14.4 Å². The van der Waals surface area contributed by atoms with E-state index in [4.69, 9.17) is 14.5 Å². The summed E-state index contributed by atoms with van der Waals surface area (Å²) in [5.41, 5.74) is 1.07. The summed E-state index contributed by atoms with van der Waals surface area (Å²) in [5.74, 6) is 1.82. The lowest BCUT2D eigenvalue weighted by Crippen LogP contribution is -2.48. The molecule has 2 heterocycles. The fraction of sp³-hybridized carbons (Fsp3) is 0.391. The molecule has 0 radical (unpaired) electrons. The van der Waals surface area contributed by atoms with Gasteiger partial charge in [-0.3, -0.25) is 9.69 Å². The Morgan fingerprint density at radius 2 is 1.77 bits per heavy atom. The first-order valence-corrected chi connectivity index (χ1v) is 11.1. The van der Waals surface area contributed by atoms with Crippen LogP contribution in [0.1, 0.15) is 17.8 Å². The van der Waals surface area contributed by atoms with Crippen molar-refractivity contribution >= 4 is 27.5 Å². The van der Waals surface area contributed by atoms with Crippen LogP contribution in [0.5, 0.6) is 11.5 Å². The minimum atomic E-state index is 0.216. The Hall–Kier alpha value is -2.64. The van der Waals surface area contributed by atoms with Crippen LogP contribution in [0.15, 0.2) is 48.5 Å². The SMILES string of the molecule is COc1ccc(OCCCC(=O)N2CCN(Cc3nc4ccccc4s3)CC2)cc1. The molecule has 1 aromatic heterocycles. The summed E-state index contributed by atoms with van der Waals surface area (Å²) >= 11 is 1.76. The van der Waals surface area contributed by atoms with Crippen LogP contribution in [0.3, 0.4) is 0 Å². The topological polar surface area (TPSA) is 54.9 Å². The Kier molecular flexibility index (Phi) is 6.81. The molecule has 158 valence electrons. The van der Waals surface area contributed by atoms with Gasteiger partial charge in [0.05, 0.1) is 30.5 Å². The number of aromatic nitrogens is 1. The van der Waals surface area contributed by atoms with Crippen LogP contribution < -0.4 is 9.47 Å². The van der Waals surface area contributed by atoms with Crippen molar-refractivity contribution in [2.24, 2.45) is 0 Å². The van der Waals surface area contributed by atoms with Crippen LogP contribution in [-0.2, 0) is 11.3 Å². The Balaban J connectivity index is 1.16. The summed E-state index contributed by atoms with van der Waals surface area (Å²) in [7, 11) is 1.64. The van der Waals surface area contributed by atoms with E-state index in [1.165, 1.54) is 4.70 Å². The molecule has 6 nitrogen and oxygen atoms in total. The zero-order valence-electron chi connectivity index (χ0n) is 17.3. The smallest absolute Gasteiger partial charge is 0.222 e. The molecule has 0 spiro atoms. The molecule has 1 aliphatic rings. The summed E-state index contributed by atoms with van der Waals surface area (Å²) in [5, 5.41) is 1.15. The number of benzene rings is 2. The van der Waals surface area contributed by atoms with Gasteiger partial charge in [0.25, 0.3) is 0 Å². The van der Waals surface area contributed by atoms with Crippen molar-refractivity contribution in [1.82, 2.24) is 14.8 Å². The molecule has 0 atom stereocenters. The Bertz CT molecular complexity index is 932. The van der Waals surface area contributed by atoms with Gasteiger partial charge in [-0.15, -0.1) is 11.3 Å². The van der Waals surface area contributed by atoms with Gasteiger partial charge >= 0.3 is 0 Å². The molecule has 0 bridgehead atoms. The summed E-state index contributed by atoms with van der Waals surface area (Å²) in [4.78, 5) is 21.6. The van der Waals surface area contributed by atoms with Crippen molar-refractivity contribution in [3.05, 3.63) is 53.5 Å². The Labute approximate surface area is 181 Å². The van der Waals surface area contributed by atoms with Crippen molar-refractivity contribution in [3.63, 3.8) is 0 Å². The highest BCUT2D eigenvalue weighted by atomic mass is 32.1. The Morgan fingerprint density at radius 3 is 2.50 bits per heavy atom. The van der Waals surface area contributed by atoms with Crippen molar-refractivity contribution in [2.75, 3.05) is 39.9 Å². The van der Waals surface area contributed by atoms with Gasteiger partial charge in [0.2, 0.25) is 5.91 Å². The molecule has 2 aromatic carbocycles. The third-order valence-corrected chi connectivity index (χ3v) is 6.31. The number of amides is 1. The highest BCUT2D eigenvalue weighted by molar-refractivity contribution is 7.18. The van der Waals surface area contributed by atoms with E-state index in [1.807, 2.05) is 35.2 Å². The van der Waals surface area contributed by atoms with Crippen molar-refractivity contribution in [2.45, 2.75) is 19.4 Å². The lowest BCUT2D eigenvalue weighted by molar-refractivity contribution is -0.133. The maximum absolute atomic E-state index is 12.5. The predicted octanol–water partition coefficient (Wildman–Crippen LogP) is 3.81.